The summed E-state index contributed by atoms with van der Waals surface area (Å²) < 4.78 is 67.5. The topological polar surface area (TPSA) is 116 Å². The van der Waals surface area contributed by atoms with Gasteiger partial charge < -0.3 is 15.5 Å². The Morgan fingerprint density at radius 3 is 2.03 bits per heavy atom. The molecule has 2 aliphatic rings. The predicted molar refractivity (Wildman–Crippen MR) is 115 cm³/mol. The van der Waals surface area contributed by atoms with Gasteiger partial charge in [-0.15, -0.1) is 5.10 Å². The first-order valence-corrected chi connectivity index (χ1v) is 11.6. The molecule has 3 N–H and O–H groups in total. The predicted octanol–water partition coefficient (Wildman–Crippen LogP) is 4.04. The SMILES string of the molecule is CC(C)(C)NC[C@@H]1CCC[C@@H]2CN(Cc3csnn3)C[C@@H]21.O=C(O)C(F)(F)F.O=C(O)C(F)(F)F. The van der Waals surface area contributed by atoms with Crippen LogP contribution in [0.15, 0.2) is 5.38 Å². The van der Waals surface area contributed by atoms with Crippen molar-refractivity contribution in [2.24, 2.45) is 17.8 Å². The highest BCUT2D eigenvalue weighted by Crippen LogP contribution is 2.40. The number of aliphatic carboxylic acids is 2. The molecule has 1 aromatic heterocycles. The molecule has 1 saturated heterocycles. The number of carboxylic acids is 2. The van der Waals surface area contributed by atoms with Crippen LogP contribution >= 0.6 is 11.5 Å². The first-order valence-electron chi connectivity index (χ1n) is 10.7. The molecule has 8 nitrogen and oxygen atoms in total. The van der Waals surface area contributed by atoms with E-state index in [1.54, 1.807) is 0 Å². The first kappa shape index (κ1) is 31.0. The van der Waals surface area contributed by atoms with Gasteiger partial charge in [-0.2, -0.15) is 26.3 Å². The zero-order valence-corrected chi connectivity index (χ0v) is 20.3. The second-order valence-corrected chi connectivity index (χ2v) is 10.1. The average Bonchev–Trinajstić information content (AvgIpc) is 3.35. The van der Waals surface area contributed by atoms with Crippen LogP contribution in [0.25, 0.3) is 0 Å². The number of fused-ring (bicyclic) bond motifs is 1. The first-order chi connectivity index (χ1) is 15.9. The van der Waals surface area contributed by atoms with E-state index in [0.717, 1.165) is 30.0 Å². The maximum atomic E-state index is 10.6. The zero-order valence-electron chi connectivity index (χ0n) is 19.5. The van der Waals surface area contributed by atoms with Crippen molar-refractivity contribution in [2.45, 2.75) is 64.5 Å². The lowest BCUT2D eigenvalue weighted by atomic mass is 9.73. The summed E-state index contributed by atoms with van der Waals surface area (Å²) in [6.07, 6.45) is -5.94. The molecule has 3 rings (SSSR count). The second-order valence-electron chi connectivity index (χ2n) is 9.44. The number of rotatable bonds is 4. The van der Waals surface area contributed by atoms with Crippen LogP contribution in [0.3, 0.4) is 0 Å². The fraction of sp³-hybridized carbons (Fsp3) is 0.800. The van der Waals surface area contributed by atoms with Crippen molar-refractivity contribution in [1.29, 1.82) is 0 Å². The molecule has 0 unspecified atom stereocenters. The van der Waals surface area contributed by atoms with Crippen molar-refractivity contribution >= 4 is 23.5 Å². The maximum absolute atomic E-state index is 10.6. The monoisotopic (exact) mass is 536 g/mol. The third-order valence-corrected chi connectivity index (χ3v) is 6.05. The van der Waals surface area contributed by atoms with Crippen molar-refractivity contribution in [3.63, 3.8) is 0 Å². The van der Waals surface area contributed by atoms with E-state index in [4.69, 9.17) is 19.8 Å². The minimum atomic E-state index is -5.08. The van der Waals surface area contributed by atoms with Crippen LogP contribution < -0.4 is 5.32 Å². The molecule has 2 heterocycles. The quantitative estimate of drug-likeness (QED) is 0.494. The van der Waals surface area contributed by atoms with Gasteiger partial charge in [0.2, 0.25) is 0 Å². The number of likely N-dealkylation sites (tertiary alicyclic amines) is 1. The number of hydrogen-bond donors (Lipinski definition) is 3. The molecule has 1 saturated carbocycles. The normalized spacial score (nSPS) is 22.8. The van der Waals surface area contributed by atoms with Crippen LogP contribution in [0, 0.1) is 17.8 Å². The molecule has 1 aliphatic heterocycles. The molecule has 2 fully saturated rings. The molecule has 0 spiro atoms. The summed E-state index contributed by atoms with van der Waals surface area (Å²) in [4.78, 5) is 20.4. The van der Waals surface area contributed by atoms with Crippen molar-refractivity contribution in [3.05, 3.63) is 11.1 Å². The standard InChI is InChI=1S/C16H28N4S.2C2HF3O2/c1-16(2,3)17-7-12-5-4-6-13-8-20(10-15(12)13)9-14-11-21-19-18-14;2*3-2(4,5)1(6)7/h11-13,15,17H,4-10H2,1-3H3;2*(H,6,7)/t12-,13+,15+;;/m0../s1. The number of carbonyl (C=O) groups is 2. The fourth-order valence-corrected chi connectivity index (χ4v) is 4.43. The highest BCUT2D eigenvalue weighted by molar-refractivity contribution is 7.03. The summed E-state index contributed by atoms with van der Waals surface area (Å²) in [6.45, 7) is 11.5. The Balaban J connectivity index is 0.000000362. The Morgan fingerprint density at radius 2 is 1.60 bits per heavy atom. The second kappa shape index (κ2) is 12.8. The van der Waals surface area contributed by atoms with Gasteiger partial charge in [-0.05, 0) is 69.4 Å². The molecule has 0 aromatic carbocycles. The highest BCUT2D eigenvalue weighted by Gasteiger charge is 2.40. The number of halogens is 6. The molecular formula is C20H30F6N4O4S. The van der Waals surface area contributed by atoms with Gasteiger partial charge in [0.25, 0.3) is 0 Å². The molecule has 0 radical (unpaired) electrons. The molecule has 0 bridgehead atoms. The van der Waals surface area contributed by atoms with Crippen molar-refractivity contribution in [1.82, 2.24) is 19.8 Å². The lowest BCUT2D eigenvalue weighted by Gasteiger charge is -2.35. The van der Waals surface area contributed by atoms with Crippen LogP contribution in [-0.4, -0.2) is 74.2 Å². The number of nitrogens with one attached hydrogen (secondary N) is 1. The Morgan fingerprint density at radius 1 is 1.06 bits per heavy atom. The fourth-order valence-electron chi connectivity index (χ4n) is 3.99. The van der Waals surface area contributed by atoms with Crippen LogP contribution in [0.4, 0.5) is 26.3 Å². The van der Waals surface area contributed by atoms with Crippen LogP contribution in [0.2, 0.25) is 0 Å². The van der Waals surface area contributed by atoms with Gasteiger partial charge in [-0.3, -0.25) is 4.90 Å². The van der Waals surface area contributed by atoms with E-state index in [9.17, 15) is 26.3 Å². The van der Waals surface area contributed by atoms with Crippen LogP contribution in [0.1, 0.15) is 45.7 Å². The Labute approximate surface area is 202 Å². The summed E-state index contributed by atoms with van der Waals surface area (Å²) in [6, 6.07) is 0. The van der Waals surface area contributed by atoms with E-state index in [1.807, 2.05) is 0 Å². The largest absolute Gasteiger partial charge is 0.490 e. The molecule has 15 heteroatoms. The van der Waals surface area contributed by atoms with Gasteiger partial charge in [0, 0.05) is 30.6 Å². The summed E-state index contributed by atoms with van der Waals surface area (Å²) >= 11 is 1.46. The van der Waals surface area contributed by atoms with E-state index < -0.39 is 24.3 Å². The average molecular weight is 537 g/mol. The molecule has 35 heavy (non-hydrogen) atoms. The van der Waals surface area contributed by atoms with Gasteiger partial charge in [-0.1, -0.05) is 10.9 Å². The third-order valence-electron chi connectivity index (χ3n) is 5.49. The summed E-state index contributed by atoms with van der Waals surface area (Å²) in [7, 11) is 0. The van der Waals surface area contributed by atoms with Crippen LogP contribution in [0.5, 0.6) is 0 Å². The number of carboxylic acid groups (broad SMARTS) is 2. The summed E-state index contributed by atoms with van der Waals surface area (Å²) in [5, 5.41) is 24.3. The molecule has 1 aromatic rings. The van der Waals surface area contributed by atoms with Crippen molar-refractivity contribution < 1.29 is 46.1 Å². The van der Waals surface area contributed by atoms with E-state index in [-0.39, 0.29) is 5.54 Å². The molecule has 1 aliphatic carbocycles. The minimum Gasteiger partial charge on any atom is -0.475 e. The van der Waals surface area contributed by atoms with Gasteiger partial charge >= 0.3 is 24.3 Å². The minimum absolute atomic E-state index is 0.234. The Bertz CT molecular complexity index is 775. The Hall–Kier alpha value is -2.00. The molecule has 202 valence electrons. The van der Waals surface area contributed by atoms with E-state index in [2.05, 4.69) is 46.0 Å². The highest BCUT2D eigenvalue weighted by atomic mass is 32.1. The van der Waals surface area contributed by atoms with Crippen LogP contribution in [-0.2, 0) is 16.1 Å². The van der Waals surface area contributed by atoms with E-state index >= 15 is 0 Å². The third kappa shape index (κ3) is 12.0. The van der Waals surface area contributed by atoms with Gasteiger partial charge in [0.15, 0.2) is 0 Å². The van der Waals surface area contributed by atoms with Crippen molar-refractivity contribution in [3.8, 4) is 0 Å². The smallest absolute Gasteiger partial charge is 0.475 e. The molecular weight excluding hydrogens is 506 g/mol. The summed E-state index contributed by atoms with van der Waals surface area (Å²) in [5.41, 5.74) is 1.38. The number of aromatic nitrogens is 2. The number of alkyl halides is 6. The summed E-state index contributed by atoms with van der Waals surface area (Å²) in [5.74, 6) is -2.89. The van der Waals surface area contributed by atoms with E-state index in [0.29, 0.717) is 0 Å². The number of nitrogens with zero attached hydrogens (tertiary/aromatic N) is 3. The molecule has 3 atom stereocenters. The van der Waals surface area contributed by atoms with Gasteiger partial charge in [0.05, 0.1) is 5.69 Å². The van der Waals surface area contributed by atoms with Gasteiger partial charge in [-0.25, -0.2) is 9.59 Å². The lowest BCUT2D eigenvalue weighted by Crippen LogP contribution is -2.43. The Kier molecular flexibility index (Phi) is 11.4. The van der Waals surface area contributed by atoms with E-state index in [1.165, 1.54) is 50.4 Å². The van der Waals surface area contributed by atoms with Gasteiger partial charge in [0.1, 0.15) is 0 Å². The molecule has 0 amide bonds. The lowest BCUT2D eigenvalue weighted by molar-refractivity contribution is -0.193. The number of hydrogen-bond acceptors (Lipinski definition) is 7. The zero-order chi connectivity index (χ0) is 27.0. The van der Waals surface area contributed by atoms with Crippen molar-refractivity contribution in [2.75, 3.05) is 19.6 Å². The maximum Gasteiger partial charge on any atom is 0.490 e.